The van der Waals surface area contributed by atoms with Crippen LogP contribution >= 0.6 is 11.6 Å². The number of carbonyl (C=O) groups is 1. The summed E-state index contributed by atoms with van der Waals surface area (Å²) in [6, 6.07) is 15.6. The number of piperazine rings is 1. The van der Waals surface area contributed by atoms with E-state index in [-0.39, 0.29) is 5.91 Å². The molecule has 10 heteroatoms. The number of hydrogen-bond acceptors (Lipinski definition) is 5. The molecule has 4 aromatic rings. The number of halogens is 4. The Morgan fingerprint density at radius 2 is 1.70 bits per heavy atom. The molecule has 0 aliphatic carbocycles. The van der Waals surface area contributed by atoms with E-state index in [0.717, 1.165) is 17.7 Å². The maximum Gasteiger partial charge on any atom is 0.416 e. The minimum absolute atomic E-state index is 0.125. The summed E-state index contributed by atoms with van der Waals surface area (Å²) >= 11 is 5.96. The van der Waals surface area contributed by atoms with Gasteiger partial charge in [0, 0.05) is 48.5 Å². The Morgan fingerprint density at radius 1 is 0.973 bits per heavy atom. The number of anilines is 1. The molecule has 0 unspecified atom stereocenters. The van der Waals surface area contributed by atoms with Crippen molar-refractivity contribution >= 4 is 23.5 Å². The van der Waals surface area contributed by atoms with Gasteiger partial charge in [-0.3, -0.25) is 4.79 Å². The van der Waals surface area contributed by atoms with Gasteiger partial charge in [-0.15, -0.1) is 0 Å². The maximum absolute atomic E-state index is 13.2. The normalized spacial score (nSPS) is 14.2. The van der Waals surface area contributed by atoms with Gasteiger partial charge in [0.2, 0.25) is 5.95 Å². The highest BCUT2D eigenvalue weighted by Gasteiger charge is 2.31. The van der Waals surface area contributed by atoms with E-state index in [2.05, 4.69) is 9.97 Å². The first-order chi connectivity index (χ1) is 17.7. The largest absolute Gasteiger partial charge is 0.461 e. The van der Waals surface area contributed by atoms with Crippen LogP contribution in [-0.4, -0.2) is 47.0 Å². The molecular weight excluding hydrogens is 505 g/mol. The molecule has 0 spiro atoms. The molecule has 1 aliphatic rings. The monoisotopic (exact) mass is 526 g/mol. The number of amides is 1. The summed E-state index contributed by atoms with van der Waals surface area (Å²) in [5.74, 6) is 1.41. The molecule has 5 rings (SSSR count). The van der Waals surface area contributed by atoms with Crippen LogP contribution in [0, 0.1) is 6.92 Å². The molecule has 2 aromatic carbocycles. The molecule has 0 N–H and O–H groups in total. The van der Waals surface area contributed by atoms with Crippen LogP contribution < -0.4 is 4.90 Å². The Morgan fingerprint density at radius 3 is 2.41 bits per heavy atom. The van der Waals surface area contributed by atoms with Gasteiger partial charge in [-0.1, -0.05) is 23.7 Å². The van der Waals surface area contributed by atoms with E-state index in [0.29, 0.717) is 65.5 Å². The van der Waals surface area contributed by atoms with Crippen LogP contribution in [0.2, 0.25) is 5.02 Å². The van der Waals surface area contributed by atoms with Crippen LogP contribution in [0.15, 0.2) is 71.3 Å². The maximum atomic E-state index is 13.2. The summed E-state index contributed by atoms with van der Waals surface area (Å²) in [4.78, 5) is 25.7. The van der Waals surface area contributed by atoms with Gasteiger partial charge in [0.1, 0.15) is 11.5 Å². The fourth-order valence-corrected chi connectivity index (χ4v) is 4.37. The van der Waals surface area contributed by atoms with Gasteiger partial charge in [0.15, 0.2) is 0 Å². The van der Waals surface area contributed by atoms with E-state index in [4.69, 9.17) is 16.0 Å². The number of furan rings is 1. The Kier molecular flexibility index (Phi) is 6.64. The molecule has 2 aromatic heterocycles. The van der Waals surface area contributed by atoms with E-state index >= 15 is 0 Å². The second-order valence-electron chi connectivity index (χ2n) is 8.69. The van der Waals surface area contributed by atoms with Crippen molar-refractivity contribution in [1.82, 2.24) is 14.9 Å². The molecule has 190 valence electrons. The highest BCUT2D eigenvalue weighted by Crippen LogP contribution is 2.32. The molecule has 6 nitrogen and oxygen atoms in total. The lowest BCUT2D eigenvalue weighted by Gasteiger charge is -2.34. The number of carbonyl (C=O) groups excluding carboxylic acids is 1. The van der Waals surface area contributed by atoms with Crippen LogP contribution in [0.25, 0.3) is 22.6 Å². The zero-order valence-corrected chi connectivity index (χ0v) is 20.6. The predicted octanol–water partition coefficient (Wildman–Crippen LogP) is 6.35. The van der Waals surface area contributed by atoms with Crippen molar-refractivity contribution in [3.8, 4) is 22.6 Å². The lowest BCUT2D eigenvalue weighted by Crippen LogP contribution is -2.49. The molecule has 3 heterocycles. The van der Waals surface area contributed by atoms with E-state index in [9.17, 15) is 18.0 Å². The Bertz CT molecular complexity index is 1430. The van der Waals surface area contributed by atoms with E-state index in [1.807, 2.05) is 17.0 Å². The fourth-order valence-electron chi connectivity index (χ4n) is 4.25. The van der Waals surface area contributed by atoms with Gasteiger partial charge in [0.25, 0.3) is 5.91 Å². The Hall–Kier alpha value is -3.85. The summed E-state index contributed by atoms with van der Waals surface area (Å²) in [7, 11) is 0. The van der Waals surface area contributed by atoms with Crippen molar-refractivity contribution in [1.29, 1.82) is 0 Å². The first-order valence-corrected chi connectivity index (χ1v) is 12.0. The zero-order valence-electron chi connectivity index (χ0n) is 19.8. The SMILES string of the molecule is Cc1oc(-c2ccc(Cl)cc2)cc1C(=O)N1CCN(c2nccc(-c3cccc(C(F)(F)F)c3)n2)CC1. The highest BCUT2D eigenvalue weighted by molar-refractivity contribution is 6.30. The van der Waals surface area contributed by atoms with Crippen LogP contribution in [0.1, 0.15) is 21.7 Å². The van der Waals surface area contributed by atoms with Gasteiger partial charge in [-0.25, -0.2) is 9.97 Å². The van der Waals surface area contributed by atoms with Gasteiger partial charge >= 0.3 is 6.18 Å². The van der Waals surface area contributed by atoms with Crippen LogP contribution in [0.5, 0.6) is 0 Å². The van der Waals surface area contributed by atoms with Gasteiger partial charge < -0.3 is 14.2 Å². The Balaban J connectivity index is 1.27. The van der Waals surface area contributed by atoms with Crippen LogP contribution in [-0.2, 0) is 6.18 Å². The second-order valence-corrected chi connectivity index (χ2v) is 9.12. The van der Waals surface area contributed by atoms with Crippen molar-refractivity contribution in [2.24, 2.45) is 0 Å². The molecule has 0 atom stereocenters. The summed E-state index contributed by atoms with van der Waals surface area (Å²) in [6.07, 6.45) is -2.90. The van der Waals surface area contributed by atoms with Crippen molar-refractivity contribution in [3.63, 3.8) is 0 Å². The zero-order chi connectivity index (χ0) is 26.2. The standard InChI is InChI=1S/C27H22ClF3N4O2/c1-17-22(16-24(37-17)18-5-7-21(28)8-6-18)25(36)34-11-13-35(14-12-34)26-32-10-9-23(33-26)19-3-2-4-20(15-19)27(29,30)31/h2-10,15-16H,11-14H2,1H3. The average Bonchev–Trinajstić information content (AvgIpc) is 3.30. The minimum Gasteiger partial charge on any atom is -0.461 e. The number of aryl methyl sites for hydroxylation is 1. The lowest BCUT2D eigenvalue weighted by molar-refractivity contribution is -0.137. The summed E-state index contributed by atoms with van der Waals surface area (Å²) in [6.45, 7) is 3.61. The van der Waals surface area contributed by atoms with Crippen LogP contribution in [0.4, 0.5) is 19.1 Å². The number of aromatic nitrogens is 2. The topological polar surface area (TPSA) is 62.5 Å². The molecule has 0 bridgehead atoms. The van der Waals surface area contributed by atoms with Crippen molar-refractivity contribution in [3.05, 3.63) is 88.8 Å². The van der Waals surface area contributed by atoms with Crippen molar-refractivity contribution in [2.75, 3.05) is 31.1 Å². The second kappa shape index (κ2) is 9.89. The fraction of sp³-hybridized carbons (Fsp3) is 0.222. The summed E-state index contributed by atoms with van der Waals surface area (Å²) in [5, 5.41) is 0.616. The third-order valence-electron chi connectivity index (χ3n) is 6.26. The van der Waals surface area contributed by atoms with Crippen molar-refractivity contribution < 1.29 is 22.4 Å². The van der Waals surface area contributed by atoms with E-state index in [1.165, 1.54) is 12.3 Å². The number of alkyl halides is 3. The first-order valence-electron chi connectivity index (χ1n) is 11.6. The smallest absolute Gasteiger partial charge is 0.416 e. The quantitative estimate of drug-likeness (QED) is 0.310. The third kappa shape index (κ3) is 5.32. The molecule has 0 saturated carbocycles. The number of benzene rings is 2. The number of nitrogens with zero attached hydrogens (tertiary/aromatic N) is 4. The summed E-state index contributed by atoms with van der Waals surface area (Å²) < 4.78 is 45.2. The first kappa shape index (κ1) is 24.8. The number of hydrogen-bond donors (Lipinski definition) is 0. The third-order valence-corrected chi connectivity index (χ3v) is 6.51. The van der Waals surface area contributed by atoms with Gasteiger partial charge in [0.05, 0.1) is 16.8 Å². The molecule has 1 fully saturated rings. The van der Waals surface area contributed by atoms with E-state index < -0.39 is 11.7 Å². The van der Waals surface area contributed by atoms with Crippen LogP contribution in [0.3, 0.4) is 0 Å². The van der Waals surface area contributed by atoms with E-state index in [1.54, 1.807) is 42.2 Å². The van der Waals surface area contributed by atoms with Gasteiger partial charge in [-0.2, -0.15) is 13.2 Å². The average molecular weight is 527 g/mol. The summed E-state index contributed by atoms with van der Waals surface area (Å²) in [5.41, 5.74) is 1.36. The molecule has 1 aliphatic heterocycles. The molecule has 1 saturated heterocycles. The molecule has 37 heavy (non-hydrogen) atoms. The Labute approximate surface area is 216 Å². The minimum atomic E-state index is -4.43. The number of rotatable bonds is 4. The van der Waals surface area contributed by atoms with Gasteiger partial charge in [-0.05, 0) is 55.5 Å². The molecular formula is C27H22ClF3N4O2. The molecule has 1 amide bonds. The lowest BCUT2D eigenvalue weighted by atomic mass is 10.1. The molecule has 0 radical (unpaired) electrons. The predicted molar refractivity (Wildman–Crippen MR) is 134 cm³/mol. The van der Waals surface area contributed by atoms with Crippen molar-refractivity contribution in [2.45, 2.75) is 13.1 Å². The highest BCUT2D eigenvalue weighted by atomic mass is 35.5.